The summed E-state index contributed by atoms with van der Waals surface area (Å²) in [6, 6.07) is 7.59. The molecule has 0 spiro atoms. The summed E-state index contributed by atoms with van der Waals surface area (Å²) >= 11 is 0. The quantitative estimate of drug-likeness (QED) is 0.840. The van der Waals surface area contributed by atoms with Gasteiger partial charge in [-0.1, -0.05) is 12.1 Å². The summed E-state index contributed by atoms with van der Waals surface area (Å²) in [5.41, 5.74) is 1.76. The molecular weight excluding hydrogens is 304 g/mol. The summed E-state index contributed by atoms with van der Waals surface area (Å²) in [6.45, 7) is 0.792. The van der Waals surface area contributed by atoms with E-state index in [1.807, 2.05) is 38.4 Å². The smallest absolute Gasteiger partial charge is 0.311 e. The minimum Gasteiger partial charge on any atom is -0.469 e. The van der Waals surface area contributed by atoms with Crippen molar-refractivity contribution in [2.45, 2.75) is 31.8 Å². The summed E-state index contributed by atoms with van der Waals surface area (Å²) in [4.78, 5) is 26.9. The van der Waals surface area contributed by atoms with Crippen LogP contribution in [-0.2, 0) is 16.1 Å². The van der Waals surface area contributed by atoms with Gasteiger partial charge in [0.15, 0.2) is 0 Å². The van der Waals surface area contributed by atoms with E-state index in [2.05, 4.69) is 10.2 Å². The Bertz CT molecular complexity index is 629. The SMILES string of the molecule is COC(=O)[C@H]1[C@H]2CC[C@@H](C2)[C@H]1NC(=O)c1cccc(CN(C)C)c1. The Balaban J connectivity index is 1.73. The molecule has 0 saturated heterocycles. The monoisotopic (exact) mass is 330 g/mol. The molecule has 1 amide bonds. The first-order chi connectivity index (χ1) is 11.5. The Morgan fingerprint density at radius 3 is 2.71 bits per heavy atom. The number of hydrogen-bond donors (Lipinski definition) is 1. The lowest BCUT2D eigenvalue weighted by atomic mass is 9.84. The number of ether oxygens (including phenoxy) is 1. The van der Waals surface area contributed by atoms with Crippen LogP contribution in [0.2, 0.25) is 0 Å². The zero-order valence-electron chi connectivity index (χ0n) is 14.6. The molecular formula is C19H26N2O3. The number of nitrogens with zero attached hydrogens (tertiary/aromatic N) is 1. The standard InChI is InChI=1S/C19H26N2O3/c1-21(2)11-12-5-4-6-15(9-12)18(22)20-17-14-8-7-13(10-14)16(17)19(23)24-3/h4-6,9,13-14,16-17H,7-8,10-11H2,1-3H3,(H,20,22)/t13-,14-,16-,17+/m0/s1. The lowest BCUT2D eigenvalue weighted by Crippen LogP contribution is -2.47. The number of carbonyl (C=O) groups is 2. The molecule has 2 aliphatic carbocycles. The molecule has 0 unspecified atom stereocenters. The first kappa shape index (κ1) is 17.0. The number of esters is 1. The Hall–Kier alpha value is -1.88. The molecule has 0 aromatic heterocycles. The van der Waals surface area contributed by atoms with Crippen LogP contribution in [0.25, 0.3) is 0 Å². The predicted octanol–water partition coefficient (Wildman–Crippen LogP) is 2.07. The molecule has 2 fully saturated rings. The van der Waals surface area contributed by atoms with Crippen molar-refractivity contribution in [2.75, 3.05) is 21.2 Å². The highest BCUT2D eigenvalue weighted by Crippen LogP contribution is 2.49. The van der Waals surface area contributed by atoms with Crippen molar-refractivity contribution >= 4 is 11.9 Å². The van der Waals surface area contributed by atoms with Crippen molar-refractivity contribution in [3.63, 3.8) is 0 Å². The van der Waals surface area contributed by atoms with E-state index in [1.54, 1.807) is 0 Å². The van der Waals surface area contributed by atoms with Crippen LogP contribution in [0.15, 0.2) is 24.3 Å². The lowest BCUT2D eigenvalue weighted by molar-refractivity contribution is -0.148. The fourth-order valence-electron chi connectivity index (χ4n) is 4.39. The predicted molar refractivity (Wildman–Crippen MR) is 91.4 cm³/mol. The highest BCUT2D eigenvalue weighted by atomic mass is 16.5. The van der Waals surface area contributed by atoms with Crippen molar-refractivity contribution in [3.8, 4) is 0 Å². The molecule has 1 N–H and O–H groups in total. The van der Waals surface area contributed by atoms with Crippen LogP contribution in [0.3, 0.4) is 0 Å². The summed E-state index contributed by atoms with van der Waals surface area (Å²) in [6.07, 6.45) is 3.17. The number of methoxy groups -OCH3 is 1. The molecule has 2 saturated carbocycles. The number of fused-ring (bicyclic) bond motifs is 2. The molecule has 5 nitrogen and oxygen atoms in total. The molecule has 2 bridgehead atoms. The lowest BCUT2D eigenvalue weighted by Gasteiger charge is -2.29. The zero-order valence-corrected chi connectivity index (χ0v) is 14.6. The first-order valence-electron chi connectivity index (χ1n) is 8.62. The van der Waals surface area contributed by atoms with Crippen molar-refractivity contribution in [1.82, 2.24) is 10.2 Å². The molecule has 1 aromatic carbocycles. The highest BCUT2D eigenvalue weighted by Gasteiger charge is 2.52. The number of hydrogen-bond acceptors (Lipinski definition) is 4. The van der Waals surface area contributed by atoms with Crippen molar-refractivity contribution < 1.29 is 14.3 Å². The van der Waals surface area contributed by atoms with E-state index in [-0.39, 0.29) is 23.8 Å². The van der Waals surface area contributed by atoms with E-state index in [1.165, 1.54) is 7.11 Å². The molecule has 130 valence electrons. The number of benzene rings is 1. The Morgan fingerprint density at radius 2 is 2.00 bits per heavy atom. The van der Waals surface area contributed by atoms with Crippen LogP contribution < -0.4 is 5.32 Å². The maximum Gasteiger partial charge on any atom is 0.311 e. The van der Waals surface area contributed by atoms with E-state index in [4.69, 9.17) is 4.74 Å². The minimum atomic E-state index is -0.192. The van der Waals surface area contributed by atoms with E-state index in [9.17, 15) is 9.59 Å². The highest BCUT2D eigenvalue weighted by molar-refractivity contribution is 5.95. The summed E-state index contributed by atoms with van der Waals surface area (Å²) in [5, 5.41) is 3.12. The van der Waals surface area contributed by atoms with Gasteiger partial charge in [-0.05, 0) is 62.9 Å². The topological polar surface area (TPSA) is 58.6 Å². The van der Waals surface area contributed by atoms with Crippen LogP contribution >= 0.6 is 0 Å². The normalized spacial score (nSPS) is 28.2. The molecule has 1 aromatic rings. The average Bonchev–Trinajstić information content (AvgIpc) is 3.15. The van der Waals surface area contributed by atoms with Gasteiger partial charge in [0, 0.05) is 18.2 Å². The summed E-state index contributed by atoms with van der Waals surface area (Å²) in [5.74, 6) is 0.277. The van der Waals surface area contributed by atoms with E-state index >= 15 is 0 Å². The van der Waals surface area contributed by atoms with Gasteiger partial charge in [-0.25, -0.2) is 0 Å². The zero-order chi connectivity index (χ0) is 17.3. The number of amides is 1. The van der Waals surface area contributed by atoms with Crippen LogP contribution in [0.4, 0.5) is 0 Å². The fraction of sp³-hybridized carbons (Fsp3) is 0.579. The second kappa shape index (κ2) is 6.93. The van der Waals surface area contributed by atoms with Gasteiger partial charge in [0.1, 0.15) is 0 Å². The van der Waals surface area contributed by atoms with Crippen molar-refractivity contribution in [2.24, 2.45) is 17.8 Å². The third-order valence-corrected chi connectivity index (χ3v) is 5.38. The van der Waals surface area contributed by atoms with Crippen LogP contribution in [0.1, 0.15) is 35.2 Å². The van der Waals surface area contributed by atoms with Gasteiger partial charge >= 0.3 is 5.97 Å². The van der Waals surface area contributed by atoms with Crippen molar-refractivity contribution in [1.29, 1.82) is 0 Å². The average molecular weight is 330 g/mol. The summed E-state index contributed by atoms with van der Waals surface area (Å²) < 4.78 is 4.97. The van der Waals surface area contributed by atoms with E-state index < -0.39 is 0 Å². The molecule has 0 heterocycles. The maximum absolute atomic E-state index is 12.7. The first-order valence-corrected chi connectivity index (χ1v) is 8.62. The van der Waals surface area contributed by atoms with Gasteiger partial charge in [0.25, 0.3) is 5.91 Å². The largest absolute Gasteiger partial charge is 0.469 e. The van der Waals surface area contributed by atoms with Crippen LogP contribution in [0.5, 0.6) is 0 Å². The van der Waals surface area contributed by atoms with Gasteiger partial charge in [0.2, 0.25) is 0 Å². The number of carbonyl (C=O) groups excluding carboxylic acids is 2. The van der Waals surface area contributed by atoms with E-state index in [0.717, 1.165) is 31.4 Å². The Labute approximate surface area is 143 Å². The molecule has 24 heavy (non-hydrogen) atoms. The van der Waals surface area contributed by atoms with Crippen molar-refractivity contribution in [3.05, 3.63) is 35.4 Å². The van der Waals surface area contributed by atoms with Crippen LogP contribution in [-0.4, -0.2) is 44.0 Å². The van der Waals surface area contributed by atoms with Gasteiger partial charge in [0.05, 0.1) is 13.0 Å². The van der Waals surface area contributed by atoms with Gasteiger partial charge in [-0.15, -0.1) is 0 Å². The number of rotatable bonds is 5. The fourth-order valence-corrected chi connectivity index (χ4v) is 4.39. The minimum absolute atomic E-state index is 0.0953. The molecule has 4 atom stereocenters. The molecule has 0 aliphatic heterocycles. The van der Waals surface area contributed by atoms with Gasteiger partial charge in [-0.3, -0.25) is 9.59 Å². The second-order valence-electron chi connectivity index (χ2n) is 7.32. The second-order valence-corrected chi connectivity index (χ2v) is 7.32. The molecule has 2 aliphatic rings. The Kier molecular flexibility index (Phi) is 4.90. The van der Waals surface area contributed by atoms with Gasteiger partial charge < -0.3 is 15.0 Å². The molecule has 3 rings (SSSR count). The van der Waals surface area contributed by atoms with Crippen LogP contribution in [0, 0.1) is 17.8 Å². The van der Waals surface area contributed by atoms with E-state index in [0.29, 0.717) is 17.4 Å². The molecule has 5 heteroatoms. The van der Waals surface area contributed by atoms with Gasteiger partial charge in [-0.2, -0.15) is 0 Å². The molecule has 0 radical (unpaired) electrons. The maximum atomic E-state index is 12.7. The Morgan fingerprint density at radius 1 is 1.25 bits per heavy atom. The number of nitrogens with one attached hydrogen (secondary N) is 1. The third-order valence-electron chi connectivity index (χ3n) is 5.38. The third kappa shape index (κ3) is 3.31. The summed E-state index contributed by atoms with van der Waals surface area (Å²) in [7, 11) is 5.43.